The molecular weight excluding hydrogens is 228 g/mol. The number of para-hydroxylation sites is 2. The minimum absolute atomic E-state index is 0.0236. The zero-order chi connectivity index (χ0) is 12.8. The van der Waals surface area contributed by atoms with Crippen LogP contribution in [0.25, 0.3) is 11.0 Å². The normalized spacial score (nSPS) is 26.2. The maximum Gasteiger partial charge on any atom is 0.240 e. The predicted octanol–water partition coefficient (Wildman–Crippen LogP) is 0.754. The fourth-order valence-corrected chi connectivity index (χ4v) is 2.59. The number of likely N-dealkylation sites (N-methyl/N-ethyl adjacent to an activating group) is 2. The number of aromatic nitrogens is 2. The Morgan fingerprint density at radius 1 is 1.44 bits per heavy atom. The maximum atomic E-state index is 11.9. The van der Waals surface area contributed by atoms with Crippen molar-refractivity contribution in [3.05, 3.63) is 30.1 Å². The molecule has 94 valence electrons. The first-order chi connectivity index (χ1) is 8.71. The summed E-state index contributed by atoms with van der Waals surface area (Å²) in [5, 5.41) is 5.83. The van der Waals surface area contributed by atoms with Gasteiger partial charge in [0.2, 0.25) is 5.91 Å². The van der Waals surface area contributed by atoms with Gasteiger partial charge in [-0.15, -0.1) is 0 Å². The molecule has 1 saturated carbocycles. The number of rotatable bonds is 3. The largest absolute Gasteiger partial charge is 0.358 e. The van der Waals surface area contributed by atoms with Crippen LogP contribution < -0.4 is 10.6 Å². The number of aromatic amines is 1. The smallest absolute Gasteiger partial charge is 0.240 e. The summed E-state index contributed by atoms with van der Waals surface area (Å²) in [5.74, 6) is 1.03. The minimum Gasteiger partial charge on any atom is -0.358 e. The Balaban J connectivity index is 1.95. The molecule has 1 unspecified atom stereocenters. The van der Waals surface area contributed by atoms with Gasteiger partial charge in [0.1, 0.15) is 11.4 Å². The molecule has 0 aliphatic heterocycles. The Labute approximate surface area is 105 Å². The van der Waals surface area contributed by atoms with Crippen molar-refractivity contribution in [1.29, 1.82) is 0 Å². The van der Waals surface area contributed by atoms with E-state index in [1.807, 2.05) is 31.3 Å². The molecule has 1 amide bonds. The van der Waals surface area contributed by atoms with E-state index < -0.39 is 5.54 Å². The van der Waals surface area contributed by atoms with E-state index in [9.17, 15) is 4.79 Å². The second-order valence-electron chi connectivity index (χ2n) is 4.70. The van der Waals surface area contributed by atoms with Crippen molar-refractivity contribution in [1.82, 2.24) is 20.6 Å². The summed E-state index contributed by atoms with van der Waals surface area (Å²) in [6, 6.07) is 7.90. The van der Waals surface area contributed by atoms with Crippen LogP contribution in [-0.2, 0) is 4.79 Å². The number of amides is 1. The second-order valence-corrected chi connectivity index (χ2v) is 4.70. The van der Waals surface area contributed by atoms with Crippen molar-refractivity contribution < 1.29 is 4.79 Å². The molecule has 3 rings (SSSR count). The number of fused-ring (bicyclic) bond motifs is 1. The first kappa shape index (κ1) is 11.2. The molecule has 5 nitrogen and oxygen atoms in total. The van der Waals surface area contributed by atoms with E-state index in [-0.39, 0.29) is 11.8 Å². The molecular formula is C13H16N4O. The Bertz CT molecular complexity index is 573. The van der Waals surface area contributed by atoms with Gasteiger partial charge >= 0.3 is 0 Å². The average molecular weight is 244 g/mol. The summed E-state index contributed by atoms with van der Waals surface area (Å²) < 4.78 is 0. The van der Waals surface area contributed by atoms with Crippen molar-refractivity contribution in [2.75, 3.05) is 14.1 Å². The monoisotopic (exact) mass is 244 g/mol. The van der Waals surface area contributed by atoms with Crippen LogP contribution in [0, 0.1) is 0 Å². The van der Waals surface area contributed by atoms with Crippen LogP contribution in [0.2, 0.25) is 0 Å². The van der Waals surface area contributed by atoms with Gasteiger partial charge in [-0.05, 0) is 25.6 Å². The number of hydrogen-bond acceptors (Lipinski definition) is 3. The molecule has 3 N–H and O–H groups in total. The van der Waals surface area contributed by atoms with Gasteiger partial charge in [-0.25, -0.2) is 4.98 Å². The molecule has 1 heterocycles. The lowest BCUT2D eigenvalue weighted by Gasteiger charge is -2.13. The zero-order valence-corrected chi connectivity index (χ0v) is 10.4. The quantitative estimate of drug-likeness (QED) is 0.746. The highest BCUT2D eigenvalue weighted by atomic mass is 16.2. The average Bonchev–Trinajstić information content (AvgIpc) is 3.01. The van der Waals surface area contributed by atoms with E-state index in [1.165, 1.54) is 0 Å². The van der Waals surface area contributed by atoms with Crippen LogP contribution in [-0.4, -0.2) is 35.5 Å². The fourth-order valence-electron chi connectivity index (χ4n) is 2.59. The summed E-state index contributed by atoms with van der Waals surface area (Å²) in [4.78, 5) is 19.8. The van der Waals surface area contributed by atoms with Crippen molar-refractivity contribution in [3.8, 4) is 0 Å². The number of imidazole rings is 1. The molecule has 0 bridgehead atoms. The summed E-state index contributed by atoms with van der Waals surface area (Å²) >= 11 is 0. The van der Waals surface area contributed by atoms with E-state index in [4.69, 9.17) is 0 Å². The molecule has 1 aliphatic carbocycles. The predicted molar refractivity (Wildman–Crippen MR) is 69.3 cm³/mol. The number of benzene rings is 1. The first-order valence-corrected chi connectivity index (χ1v) is 6.07. The molecule has 18 heavy (non-hydrogen) atoms. The lowest BCUT2D eigenvalue weighted by atomic mass is 10.2. The molecule has 2 atom stereocenters. The van der Waals surface area contributed by atoms with Crippen LogP contribution in [0.15, 0.2) is 24.3 Å². The third kappa shape index (κ3) is 1.44. The van der Waals surface area contributed by atoms with Crippen molar-refractivity contribution in [3.63, 3.8) is 0 Å². The number of carbonyl (C=O) groups is 1. The van der Waals surface area contributed by atoms with Crippen molar-refractivity contribution >= 4 is 16.9 Å². The van der Waals surface area contributed by atoms with Gasteiger partial charge in [0.15, 0.2) is 0 Å². The van der Waals surface area contributed by atoms with Crippen LogP contribution >= 0.6 is 0 Å². The van der Waals surface area contributed by atoms with Crippen molar-refractivity contribution in [2.45, 2.75) is 17.9 Å². The van der Waals surface area contributed by atoms with Crippen LogP contribution in [0.5, 0.6) is 0 Å². The number of carbonyl (C=O) groups excluding carboxylic acids is 1. The highest BCUT2D eigenvalue weighted by Crippen LogP contribution is 2.50. The van der Waals surface area contributed by atoms with Crippen LogP contribution in [0.4, 0.5) is 0 Å². The molecule has 1 fully saturated rings. The van der Waals surface area contributed by atoms with Gasteiger partial charge in [-0.2, -0.15) is 0 Å². The van der Waals surface area contributed by atoms with Gasteiger partial charge in [0.05, 0.1) is 11.0 Å². The highest BCUT2D eigenvalue weighted by molar-refractivity contribution is 5.91. The SMILES string of the molecule is CNC(=O)C1(NC)C[C@H]1c1nc2ccccc2[nH]1. The lowest BCUT2D eigenvalue weighted by molar-refractivity contribution is -0.123. The summed E-state index contributed by atoms with van der Waals surface area (Å²) in [6.45, 7) is 0. The van der Waals surface area contributed by atoms with Crippen molar-refractivity contribution in [2.24, 2.45) is 0 Å². The lowest BCUT2D eigenvalue weighted by Crippen LogP contribution is -2.44. The van der Waals surface area contributed by atoms with Gasteiger partial charge in [0.25, 0.3) is 0 Å². The molecule has 0 saturated heterocycles. The highest BCUT2D eigenvalue weighted by Gasteiger charge is 2.60. The molecule has 1 aromatic carbocycles. The van der Waals surface area contributed by atoms with Crippen LogP contribution in [0.1, 0.15) is 18.2 Å². The number of H-pyrrole nitrogens is 1. The molecule has 0 spiro atoms. The Hall–Kier alpha value is -1.88. The maximum absolute atomic E-state index is 11.9. The summed E-state index contributed by atoms with van der Waals surface area (Å²) in [5.41, 5.74) is 1.46. The van der Waals surface area contributed by atoms with E-state index in [0.29, 0.717) is 0 Å². The number of nitrogens with zero attached hydrogens (tertiary/aromatic N) is 1. The zero-order valence-electron chi connectivity index (χ0n) is 10.4. The van der Waals surface area contributed by atoms with Gasteiger partial charge < -0.3 is 15.6 Å². The fraction of sp³-hybridized carbons (Fsp3) is 0.385. The van der Waals surface area contributed by atoms with E-state index in [1.54, 1.807) is 7.05 Å². The topological polar surface area (TPSA) is 69.8 Å². The van der Waals surface area contributed by atoms with E-state index in [2.05, 4.69) is 20.6 Å². The third-order valence-corrected chi connectivity index (χ3v) is 3.78. The second kappa shape index (κ2) is 3.81. The molecule has 1 aromatic heterocycles. The standard InChI is InChI=1S/C13H16N4O/c1-14-12(18)13(15-2)7-8(13)11-16-9-5-3-4-6-10(9)17-11/h3-6,8,15H,7H2,1-2H3,(H,14,18)(H,16,17)/t8-,13?/m0/s1. The molecule has 0 radical (unpaired) electrons. The minimum atomic E-state index is -0.497. The van der Waals surface area contributed by atoms with E-state index in [0.717, 1.165) is 23.3 Å². The van der Waals surface area contributed by atoms with E-state index >= 15 is 0 Å². The van der Waals surface area contributed by atoms with Gasteiger partial charge in [-0.1, -0.05) is 12.1 Å². The molecule has 1 aliphatic rings. The summed E-state index contributed by atoms with van der Waals surface area (Å²) in [6.07, 6.45) is 0.781. The third-order valence-electron chi connectivity index (χ3n) is 3.78. The number of hydrogen-bond donors (Lipinski definition) is 3. The Morgan fingerprint density at radius 3 is 2.89 bits per heavy atom. The van der Waals surface area contributed by atoms with Gasteiger partial charge in [0, 0.05) is 13.0 Å². The van der Waals surface area contributed by atoms with Gasteiger partial charge in [-0.3, -0.25) is 4.79 Å². The van der Waals surface area contributed by atoms with Crippen LogP contribution in [0.3, 0.4) is 0 Å². The molecule has 2 aromatic rings. The number of nitrogens with one attached hydrogen (secondary N) is 3. The summed E-state index contributed by atoms with van der Waals surface area (Å²) in [7, 11) is 3.48. The molecule has 5 heteroatoms. The first-order valence-electron chi connectivity index (χ1n) is 6.07. The Kier molecular flexibility index (Phi) is 2.38. The Morgan fingerprint density at radius 2 is 2.22 bits per heavy atom.